The van der Waals surface area contributed by atoms with Crippen molar-refractivity contribution in [2.45, 2.75) is 22.7 Å². The number of halogens is 3. The lowest BCUT2D eigenvalue weighted by molar-refractivity contribution is -0.0871. The van der Waals surface area contributed by atoms with Gasteiger partial charge in [0.05, 0.1) is 22.2 Å². The van der Waals surface area contributed by atoms with E-state index in [1.807, 2.05) is 0 Å². The number of alkyl halides is 3. The summed E-state index contributed by atoms with van der Waals surface area (Å²) in [6, 6.07) is 0. The molecule has 0 aromatic rings. The highest BCUT2D eigenvalue weighted by Gasteiger charge is 2.41. The number of β-amino-alcohol motifs (C(OH)–C–C–N with tert-alkyl or cyclic N) is 1. The van der Waals surface area contributed by atoms with E-state index in [-0.39, 0.29) is 6.54 Å². The van der Waals surface area contributed by atoms with Crippen LogP contribution in [-0.4, -0.2) is 39.4 Å². The summed E-state index contributed by atoms with van der Waals surface area (Å²) >= 11 is 1.80. The second-order valence-electron chi connectivity index (χ2n) is 2.78. The first kappa shape index (κ1) is 10.6. The Labute approximate surface area is 82.3 Å². The molecule has 1 heterocycles. The van der Waals surface area contributed by atoms with E-state index >= 15 is 0 Å². The highest BCUT2D eigenvalue weighted by molar-refractivity contribution is 14.1. The fourth-order valence-electron chi connectivity index (χ4n) is 1.20. The van der Waals surface area contributed by atoms with Crippen molar-refractivity contribution >= 4 is 22.6 Å². The van der Waals surface area contributed by atoms with Crippen LogP contribution in [0, 0.1) is 5.92 Å². The zero-order valence-corrected chi connectivity index (χ0v) is 8.28. The van der Waals surface area contributed by atoms with E-state index in [1.165, 1.54) is 0 Å². The summed E-state index contributed by atoms with van der Waals surface area (Å²) < 4.78 is 24.1. The molecule has 1 saturated heterocycles. The van der Waals surface area contributed by atoms with E-state index in [0.29, 0.717) is 0 Å². The lowest BCUT2D eigenvalue weighted by Gasteiger charge is -2.35. The Bertz CT molecular complexity index is 160. The van der Waals surface area contributed by atoms with E-state index in [1.54, 1.807) is 22.6 Å². The highest BCUT2D eigenvalue weighted by Crippen LogP contribution is 2.27. The van der Waals surface area contributed by atoms with Crippen molar-refractivity contribution in [2.75, 3.05) is 6.54 Å². The van der Waals surface area contributed by atoms with Gasteiger partial charge in [0.1, 0.15) is 0 Å². The largest absolute Gasteiger partial charge is 0.390 e. The van der Waals surface area contributed by atoms with Gasteiger partial charge in [-0.1, -0.05) is 22.6 Å². The van der Waals surface area contributed by atoms with E-state index in [0.717, 1.165) is 0 Å². The molecule has 0 amide bonds. The second kappa shape index (κ2) is 4.12. The van der Waals surface area contributed by atoms with Crippen molar-refractivity contribution in [3.8, 4) is 0 Å². The number of aliphatic hydroxyl groups excluding tert-OH is 2. The molecule has 6 heteroatoms. The molecule has 0 aliphatic carbocycles. The zero-order chi connectivity index (χ0) is 9.30. The van der Waals surface area contributed by atoms with Crippen molar-refractivity contribution in [3.05, 3.63) is 0 Å². The Morgan fingerprint density at radius 1 is 1.42 bits per heavy atom. The minimum atomic E-state index is -2.61. The minimum absolute atomic E-state index is 0.165. The van der Waals surface area contributed by atoms with Crippen LogP contribution in [0.5, 0.6) is 0 Å². The van der Waals surface area contributed by atoms with E-state index in [2.05, 4.69) is 5.32 Å². The topological polar surface area (TPSA) is 52.5 Å². The average Bonchev–Trinajstić information content (AvgIpc) is 1.97. The molecule has 1 aliphatic heterocycles. The second-order valence-corrected chi connectivity index (χ2v) is 4.12. The Kier molecular flexibility index (Phi) is 3.62. The summed E-state index contributed by atoms with van der Waals surface area (Å²) in [6.07, 6.45) is -5.02. The van der Waals surface area contributed by atoms with Gasteiger partial charge < -0.3 is 15.5 Å². The molecule has 0 aromatic carbocycles. The Morgan fingerprint density at radius 3 is 2.42 bits per heavy atom. The van der Waals surface area contributed by atoms with Crippen molar-refractivity contribution in [2.24, 2.45) is 5.92 Å². The monoisotopic (exact) mass is 293 g/mol. The molecule has 1 rings (SSSR count). The molecule has 3 nitrogen and oxygen atoms in total. The molecular formula is C6H10F2INO2. The predicted molar refractivity (Wildman–Crippen MR) is 47.3 cm³/mol. The van der Waals surface area contributed by atoms with Gasteiger partial charge in [0, 0.05) is 6.54 Å². The lowest BCUT2D eigenvalue weighted by Crippen LogP contribution is -2.56. The number of hydrogen-bond donors (Lipinski definition) is 3. The fourth-order valence-corrected chi connectivity index (χ4v) is 2.19. The van der Waals surface area contributed by atoms with Crippen LogP contribution in [-0.2, 0) is 0 Å². The van der Waals surface area contributed by atoms with Crippen LogP contribution in [0.25, 0.3) is 0 Å². The van der Waals surface area contributed by atoms with Gasteiger partial charge in [0.15, 0.2) is 0 Å². The lowest BCUT2D eigenvalue weighted by atomic mass is 9.94. The van der Waals surface area contributed by atoms with E-state index in [9.17, 15) is 13.9 Å². The summed E-state index contributed by atoms with van der Waals surface area (Å²) in [5.41, 5.74) is 0. The quantitative estimate of drug-likeness (QED) is 0.361. The molecule has 0 saturated carbocycles. The van der Waals surface area contributed by atoms with Crippen LogP contribution < -0.4 is 5.32 Å². The smallest absolute Gasteiger partial charge is 0.246 e. The molecule has 3 N–H and O–H groups in total. The van der Waals surface area contributed by atoms with Crippen LogP contribution in [0.4, 0.5) is 8.78 Å². The van der Waals surface area contributed by atoms with Crippen molar-refractivity contribution in [3.63, 3.8) is 0 Å². The number of piperidine rings is 1. The van der Waals surface area contributed by atoms with Gasteiger partial charge in [-0.2, -0.15) is 0 Å². The maximum atomic E-state index is 12.3. The Hall–Kier alpha value is 0.470. The van der Waals surface area contributed by atoms with Gasteiger partial charge in [0.2, 0.25) is 6.43 Å². The van der Waals surface area contributed by atoms with Crippen molar-refractivity contribution in [1.82, 2.24) is 5.32 Å². The van der Waals surface area contributed by atoms with Gasteiger partial charge in [-0.05, 0) is 0 Å². The average molecular weight is 293 g/mol. The van der Waals surface area contributed by atoms with Crippen LogP contribution in [0.2, 0.25) is 0 Å². The molecule has 0 spiro atoms. The minimum Gasteiger partial charge on any atom is -0.390 e. The van der Waals surface area contributed by atoms with Gasteiger partial charge in [-0.15, -0.1) is 0 Å². The molecule has 0 bridgehead atoms. The van der Waals surface area contributed by atoms with E-state index < -0.39 is 28.6 Å². The Balaban J connectivity index is 2.65. The number of hydrogen-bond acceptors (Lipinski definition) is 3. The van der Waals surface area contributed by atoms with Crippen LogP contribution in [0.15, 0.2) is 0 Å². The maximum Gasteiger partial charge on any atom is 0.246 e. The molecule has 0 radical (unpaired) electrons. The molecule has 4 atom stereocenters. The summed E-state index contributed by atoms with van der Waals surface area (Å²) in [5, 5.41) is 21.0. The molecular weight excluding hydrogens is 283 g/mol. The fraction of sp³-hybridized carbons (Fsp3) is 1.00. The SMILES string of the molecule is O[C@@H]1[C@@H](C(F)F)[C@H](I)NC[C@H]1O. The van der Waals surface area contributed by atoms with Crippen LogP contribution >= 0.6 is 22.6 Å². The highest BCUT2D eigenvalue weighted by atomic mass is 127. The summed E-state index contributed by atoms with van der Waals surface area (Å²) in [7, 11) is 0. The third-order valence-electron chi connectivity index (χ3n) is 1.94. The molecule has 0 unspecified atom stereocenters. The summed E-state index contributed by atoms with van der Waals surface area (Å²) in [4.78, 5) is 0. The van der Waals surface area contributed by atoms with Crippen LogP contribution in [0.1, 0.15) is 0 Å². The normalized spacial score (nSPS) is 43.5. The molecule has 12 heavy (non-hydrogen) atoms. The molecule has 1 aliphatic rings. The van der Waals surface area contributed by atoms with Gasteiger partial charge >= 0.3 is 0 Å². The van der Waals surface area contributed by atoms with E-state index in [4.69, 9.17) is 5.11 Å². The first-order valence-electron chi connectivity index (χ1n) is 3.55. The maximum absolute atomic E-state index is 12.3. The number of aliphatic hydroxyl groups is 2. The zero-order valence-electron chi connectivity index (χ0n) is 6.12. The molecule has 72 valence electrons. The van der Waals surface area contributed by atoms with Gasteiger partial charge in [0.25, 0.3) is 0 Å². The third-order valence-corrected chi connectivity index (χ3v) is 3.21. The van der Waals surface area contributed by atoms with Crippen molar-refractivity contribution < 1.29 is 19.0 Å². The summed E-state index contributed by atoms with van der Waals surface area (Å²) in [6.45, 7) is 0.165. The van der Waals surface area contributed by atoms with Gasteiger partial charge in [-0.3, -0.25) is 0 Å². The van der Waals surface area contributed by atoms with Crippen molar-refractivity contribution in [1.29, 1.82) is 0 Å². The standard InChI is InChI=1S/C6H10F2INO2/c7-5(8)3-4(12)2(11)1-10-6(3)9/h2-6,10-12H,1H2/t2-,3+,4+,6-/m1/s1. The Morgan fingerprint density at radius 2 is 2.00 bits per heavy atom. The first-order valence-corrected chi connectivity index (χ1v) is 4.80. The predicted octanol–water partition coefficient (Wildman–Crippen LogP) is -0.0462. The van der Waals surface area contributed by atoms with Crippen LogP contribution in [0.3, 0.4) is 0 Å². The molecule has 0 aromatic heterocycles. The number of rotatable bonds is 1. The molecule has 1 fully saturated rings. The number of nitrogens with one attached hydrogen (secondary N) is 1. The van der Waals surface area contributed by atoms with Gasteiger partial charge in [-0.25, -0.2) is 8.78 Å². The summed E-state index contributed by atoms with van der Waals surface area (Å²) in [5.74, 6) is -1.19. The first-order chi connectivity index (χ1) is 5.54. The third kappa shape index (κ3) is 2.04.